The molecule has 2 heterocycles. The first kappa shape index (κ1) is 14.8. The summed E-state index contributed by atoms with van der Waals surface area (Å²) < 4.78 is 2.26. The van der Waals surface area contributed by atoms with Gasteiger partial charge in [-0.25, -0.2) is 4.98 Å². The van der Waals surface area contributed by atoms with Gasteiger partial charge in [-0.15, -0.1) is 17.2 Å². The quantitative estimate of drug-likeness (QED) is 0.407. The van der Waals surface area contributed by atoms with Crippen LogP contribution in [0, 0.1) is 12.1 Å². The normalized spacial score (nSPS) is 15.0. The van der Waals surface area contributed by atoms with E-state index >= 15 is 0 Å². The minimum Gasteiger partial charge on any atom is -0.351 e. The van der Waals surface area contributed by atoms with Crippen molar-refractivity contribution in [3.8, 4) is 5.69 Å². The molecule has 0 N–H and O–H groups in total. The number of imidazole rings is 1. The van der Waals surface area contributed by atoms with Crippen LogP contribution in [0.15, 0.2) is 66.7 Å². The standard InChI is InChI=1S/C20H12N2.Y/c1-2-8-14(9-3-1)19-15-10-4-6-12-17(15)22-18-13-7-5-11-16(18)21-20(19)22;/h1-8,11-13,19H;/q-2;. The maximum Gasteiger partial charge on any atom is 0.111 e. The van der Waals surface area contributed by atoms with Crippen molar-refractivity contribution in [1.82, 2.24) is 9.55 Å². The van der Waals surface area contributed by atoms with E-state index in [0.717, 1.165) is 22.4 Å². The Hall–Kier alpha value is -1.77. The average molecular weight is 369 g/mol. The zero-order valence-corrected chi connectivity index (χ0v) is 15.2. The van der Waals surface area contributed by atoms with Gasteiger partial charge in [0, 0.05) is 38.6 Å². The van der Waals surface area contributed by atoms with Crippen molar-refractivity contribution >= 4 is 11.0 Å². The molecule has 1 aliphatic rings. The SMILES string of the molecule is [Y].[c-]1ccccc1C1c2[c-]cccc2-n2c1nc1ccccc12. The first-order valence-electron chi connectivity index (χ1n) is 7.38. The number of fused-ring (bicyclic) bond motifs is 5. The fourth-order valence-corrected chi connectivity index (χ4v) is 3.37. The van der Waals surface area contributed by atoms with Crippen molar-refractivity contribution in [2.45, 2.75) is 5.92 Å². The number of nitrogens with zero attached hydrogens (tertiary/aromatic N) is 2. The number of hydrogen-bond donors (Lipinski definition) is 0. The van der Waals surface area contributed by atoms with Gasteiger partial charge < -0.3 is 4.57 Å². The predicted molar refractivity (Wildman–Crippen MR) is 86.1 cm³/mol. The molecular weight excluding hydrogens is 357 g/mol. The van der Waals surface area contributed by atoms with Gasteiger partial charge in [0.1, 0.15) is 5.82 Å². The molecule has 23 heavy (non-hydrogen) atoms. The summed E-state index contributed by atoms with van der Waals surface area (Å²) >= 11 is 0. The van der Waals surface area contributed by atoms with Crippen molar-refractivity contribution < 1.29 is 32.7 Å². The third-order valence-electron chi connectivity index (χ3n) is 4.28. The van der Waals surface area contributed by atoms with Crippen molar-refractivity contribution in [3.63, 3.8) is 0 Å². The van der Waals surface area contributed by atoms with Gasteiger partial charge >= 0.3 is 0 Å². The molecule has 1 aromatic heterocycles. The van der Waals surface area contributed by atoms with Crippen LogP contribution < -0.4 is 0 Å². The summed E-state index contributed by atoms with van der Waals surface area (Å²) in [6, 6.07) is 29.4. The fourth-order valence-electron chi connectivity index (χ4n) is 3.37. The first-order valence-corrected chi connectivity index (χ1v) is 7.38. The maximum atomic E-state index is 4.89. The number of para-hydroxylation sites is 2. The Labute approximate surface area is 160 Å². The summed E-state index contributed by atoms with van der Waals surface area (Å²) in [4.78, 5) is 4.89. The average Bonchev–Trinajstić information content (AvgIpc) is 3.10. The molecule has 0 spiro atoms. The summed E-state index contributed by atoms with van der Waals surface area (Å²) in [6.45, 7) is 0. The molecule has 1 radical (unpaired) electrons. The summed E-state index contributed by atoms with van der Waals surface area (Å²) in [5.74, 6) is 1.16. The minimum absolute atomic E-state index is 0. The van der Waals surface area contributed by atoms with Gasteiger partial charge in [-0.1, -0.05) is 17.8 Å². The molecule has 0 bridgehead atoms. The van der Waals surface area contributed by atoms with E-state index < -0.39 is 0 Å². The Morgan fingerprint density at radius 3 is 2.57 bits per heavy atom. The van der Waals surface area contributed by atoms with Crippen molar-refractivity contribution in [2.24, 2.45) is 0 Å². The van der Waals surface area contributed by atoms with Crippen LogP contribution in [0.25, 0.3) is 16.7 Å². The molecule has 3 aromatic carbocycles. The van der Waals surface area contributed by atoms with Gasteiger partial charge in [-0.2, -0.15) is 48.5 Å². The molecule has 0 saturated heterocycles. The van der Waals surface area contributed by atoms with E-state index in [1.807, 2.05) is 30.3 Å². The smallest absolute Gasteiger partial charge is 0.111 e. The van der Waals surface area contributed by atoms with Crippen molar-refractivity contribution in [2.75, 3.05) is 0 Å². The molecule has 0 saturated carbocycles. The van der Waals surface area contributed by atoms with Crippen LogP contribution in [0.3, 0.4) is 0 Å². The van der Waals surface area contributed by atoms with E-state index in [2.05, 4.69) is 53.1 Å². The Bertz CT molecular complexity index is 989. The topological polar surface area (TPSA) is 17.8 Å². The molecule has 0 amide bonds. The Kier molecular flexibility index (Phi) is 3.67. The van der Waals surface area contributed by atoms with E-state index in [1.54, 1.807) is 0 Å². The van der Waals surface area contributed by atoms with Crippen LogP contribution in [0.2, 0.25) is 0 Å². The number of benzene rings is 3. The molecule has 1 atom stereocenters. The van der Waals surface area contributed by atoms with Crippen molar-refractivity contribution in [3.05, 3.63) is 95.8 Å². The molecule has 4 aromatic rings. The minimum atomic E-state index is 0. The second-order valence-electron chi connectivity index (χ2n) is 5.51. The van der Waals surface area contributed by atoms with Gasteiger partial charge in [0.15, 0.2) is 0 Å². The van der Waals surface area contributed by atoms with Gasteiger partial charge in [0.25, 0.3) is 0 Å². The van der Waals surface area contributed by atoms with Crippen LogP contribution in [-0.2, 0) is 32.7 Å². The maximum absolute atomic E-state index is 4.89. The van der Waals surface area contributed by atoms with E-state index in [4.69, 9.17) is 4.98 Å². The van der Waals surface area contributed by atoms with E-state index in [-0.39, 0.29) is 38.6 Å². The first-order chi connectivity index (χ1) is 10.9. The fraction of sp³-hybridized carbons (Fsp3) is 0.0500. The second kappa shape index (κ2) is 5.70. The van der Waals surface area contributed by atoms with E-state index in [1.165, 1.54) is 11.3 Å². The van der Waals surface area contributed by atoms with Crippen molar-refractivity contribution in [1.29, 1.82) is 0 Å². The number of aromatic nitrogens is 2. The van der Waals surface area contributed by atoms with Gasteiger partial charge in [0.2, 0.25) is 0 Å². The zero-order valence-electron chi connectivity index (χ0n) is 12.4. The zero-order chi connectivity index (χ0) is 14.5. The largest absolute Gasteiger partial charge is 0.351 e. The third-order valence-corrected chi connectivity index (χ3v) is 4.28. The van der Waals surface area contributed by atoms with Gasteiger partial charge in [-0.05, 0) is 12.1 Å². The third kappa shape index (κ3) is 2.13. The Balaban J connectivity index is 0.00000135. The summed E-state index contributed by atoms with van der Waals surface area (Å²) in [6.07, 6.45) is 0. The molecule has 1 aliphatic heterocycles. The van der Waals surface area contributed by atoms with Crippen LogP contribution in [0.5, 0.6) is 0 Å². The molecule has 5 rings (SSSR count). The van der Waals surface area contributed by atoms with Crippen LogP contribution in [0.4, 0.5) is 0 Å². The molecule has 107 valence electrons. The Morgan fingerprint density at radius 2 is 1.70 bits per heavy atom. The summed E-state index contributed by atoms with van der Waals surface area (Å²) in [5, 5.41) is 0. The molecule has 0 aliphatic carbocycles. The van der Waals surface area contributed by atoms with Gasteiger partial charge in [0.05, 0.1) is 11.0 Å². The molecule has 3 heteroatoms. The van der Waals surface area contributed by atoms with Gasteiger partial charge in [-0.3, -0.25) is 0 Å². The van der Waals surface area contributed by atoms with Crippen LogP contribution in [0.1, 0.15) is 22.9 Å². The molecule has 2 nitrogen and oxygen atoms in total. The predicted octanol–water partition coefficient (Wildman–Crippen LogP) is 4.12. The van der Waals surface area contributed by atoms with Crippen LogP contribution >= 0.6 is 0 Å². The van der Waals surface area contributed by atoms with Crippen LogP contribution in [-0.4, -0.2) is 9.55 Å². The second-order valence-corrected chi connectivity index (χ2v) is 5.51. The molecule has 1 unspecified atom stereocenters. The summed E-state index contributed by atoms with van der Waals surface area (Å²) in [7, 11) is 0. The molecule has 0 fully saturated rings. The molecular formula is C20H12N2Y-2. The number of hydrogen-bond acceptors (Lipinski definition) is 1. The van der Waals surface area contributed by atoms with E-state index in [9.17, 15) is 0 Å². The Morgan fingerprint density at radius 1 is 0.870 bits per heavy atom. The number of rotatable bonds is 1. The monoisotopic (exact) mass is 369 g/mol. The van der Waals surface area contributed by atoms with E-state index in [0.29, 0.717) is 0 Å². The summed E-state index contributed by atoms with van der Waals surface area (Å²) in [5.41, 5.74) is 5.68.